The second kappa shape index (κ2) is 5.67. The second-order valence-electron chi connectivity index (χ2n) is 3.69. The molecule has 100 valence electrons. The van der Waals surface area contributed by atoms with Crippen LogP contribution in [-0.2, 0) is 9.84 Å². The lowest BCUT2D eigenvalue weighted by atomic mass is 10.2. The lowest BCUT2D eigenvalue weighted by Gasteiger charge is -2.09. The van der Waals surface area contributed by atoms with Crippen molar-refractivity contribution in [2.75, 3.05) is 29.1 Å². The molecule has 0 atom stereocenters. The molecule has 5 N–H and O–H groups in total. The zero-order chi connectivity index (χ0) is 13.8. The molecule has 0 fully saturated rings. The molecule has 1 aromatic heterocycles. The number of sulfone groups is 1. The minimum Gasteiger partial charge on any atom is -0.397 e. The van der Waals surface area contributed by atoms with Crippen molar-refractivity contribution in [2.24, 2.45) is 5.73 Å². The van der Waals surface area contributed by atoms with E-state index in [9.17, 15) is 13.2 Å². The monoisotopic (exact) mass is 272 g/mol. The predicted molar refractivity (Wildman–Crippen MR) is 70.0 cm³/mol. The highest BCUT2D eigenvalue weighted by molar-refractivity contribution is 7.91. The van der Waals surface area contributed by atoms with Gasteiger partial charge >= 0.3 is 0 Å². The molecule has 0 saturated carbocycles. The molecule has 1 aromatic rings. The van der Waals surface area contributed by atoms with Crippen LogP contribution in [0, 0.1) is 0 Å². The van der Waals surface area contributed by atoms with Gasteiger partial charge < -0.3 is 16.8 Å². The van der Waals surface area contributed by atoms with E-state index in [-0.39, 0.29) is 29.4 Å². The van der Waals surface area contributed by atoms with Crippen molar-refractivity contribution < 1.29 is 13.2 Å². The lowest BCUT2D eigenvalue weighted by molar-refractivity contribution is 0.100. The Morgan fingerprint density at radius 2 is 2.17 bits per heavy atom. The Hall–Kier alpha value is -1.83. The van der Waals surface area contributed by atoms with Crippen LogP contribution in [0.5, 0.6) is 0 Å². The molecule has 1 rings (SSSR count). The number of hydrogen-bond acceptors (Lipinski definition) is 6. The summed E-state index contributed by atoms with van der Waals surface area (Å²) in [5.41, 5.74) is 11.1. The minimum absolute atomic E-state index is 0.0340. The molecular formula is C10H16N4O3S. The van der Waals surface area contributed by atoms with Crippen LogP contribution in [0.2, 0.25) is 0 Å². The maximum Gasteiger partial charge on any atom is 0.252 e. The second-order valence-corrected chi connectivity index (χ2v) is 6.16. The van der Waals surface area contributed by atoms with Crippen molar-refractivity contribution in [3.63, 3.8) is 0 Å². The highest BCUT2D eigenvalue weighted by Crippen LogP contribution is 2.14. The molecule has 0 saturated heterocycles. The average molecular weight is 272 g/mol. The topological polar surface area (TPSA) is 128 Å². The normalized spacial score (nSPS) is 11.2. The number of nitrogen functional groups attached to an aromatic ring is 1. The largest absolute Gasteiger partial charge is 0.397 e. The van der Waals surface area contributed by atoms with Crippen molar-refractivity contribution >= 4 is 27.2 Å². The number of amides is 1. The lowest BCUT2D eigenvalue weighted by Crippen LogP contribution is -2.20. The molecule has 18 heavy (non-hydrogen) atoms. The fourth-order valence-corrected chi connectivity index (χ4v) is 1.98. The van der Waals surface area contributed by atoms with Gasteiger partial charge in [-0.3, -0.25) is 4.79 Å². The summed E-state index contributed by atoms with van der Waals surface area (Å²) in [6.45, 7) is 1.74. The van der Waals surface area contributed by atoms with E-state index >= 15 is 0 Å². The van der Waals surface area contributed by atoms with Gasteiger partial charge in [0.25, 0.3) is 5.91 Å². The molecule has 1 heterocycles. The summed E-state index contributed by atoms with van der Waals surface area (Å²) < 4.78 is 22.6. The first kappa shape index (κ1) is 14.2. The highest BCUT2D eigenvalue weighted by atomic mass is 32.2. The summed E-state index contributed by atoms with van der Waals surface area (Å²) >= 11 is 0. The van der Waals surface area contributed by atoms with Crippen LogP contribution in [0.15, 0.2) is 12.3 Å². The van der Waals surface area contributed by atoms with Gasteiger partial charge in [0.05, 0.1) is 23.2 Å². The first-order valence-corrected chi connectivity index (χ1v) is 7.17. The van der Waals surface area contributed by atoms with Gasteiger partial charge in [-0.2, -0.15) is 0 Å². The number of carbonyl (C=O) groups is 1. The standard InChI is InChI=1S/C10H16N4O3S/c1-2-18(16,17)4-3-13-10-8(9(12)15)5-7(11)6-14-10/h5-6H,2-4,11H2,1H3,(H2,12,15)(H,13,14). The van der Waals surface area contributed by atoms with E-state index in [2.05, 4.69) is 10.3 Å². The highest BCUT2D eigenvalue weighted by Gasteiger charge is 2.11. The average Bonchev–Trinajstić information content (AvgIpc) is 2.30. The van der Waals surface area contributed by atoms with Gasteiger partial charge in [-0.15, -0.1) is 0 Å². The molecule has 1 amide bonds. The summed E-state index contributed by atoms with van der Waals surface area (Å²) in [6, 6.07) is 1.39. The summed E-state index contributed by atoms with van der Waals surface area (Å²) in [5, 5.41) is 2.77. The Kier molecular flexibility index (Phi) is 4.49. The quantitative estimate of drug-likeness (QED) is 0.647. The molecule has 0 aromatic carbocycles. The zero-order valence-electron chi connectivity index (χ0n) is 10.0. The van der Waals surface area contributed by atoms with Gasteiger partial charge in [0, 0.05) is 12.3 Å². The van der Waals surface area contributed by atoms with Gasteiger partial charge in [-0.25, -0.2) is 13.4 Å². The maximum atomic E-state index is 11.3. The van der Waals surface area contributed by atoms with Crippen molar-refractivity contribution in [1.29, 1.82) is 0 Å². The summed E-state index contributed by atoms with van der Waals surface area (Å²) in [7, 11) is -3.06. The van der Waals surface area contributed by atoms with Gasteiger partial charge in [-0.1, -0.05) is 6.92 Å². The third kappa shape index (κ3) is 3.88. The maximum absolute atomic E-state index is 11.3. The Balaban J connectivity index is 2.77. The molecule has 0 bridgehead atoms. The van der Waals surface area contributed by atoms with Crippen molar-refractivity contribution in [3.8, 4) is 0 Å². The van der Waals surface area contributed by atoms with Crippen LogP contribution in [-0.4, -0.2) is 37.4 Å². The fraction of sp³-hybridized carbons (Fsp3) is 0.400. The Morgan fingerprint density at radius 1 is 1.50 bits per heavy atom. The number of nitrogens with one attached hydrogen (secondary N) is 1. The predicted octanol–water partition coefficient (Wildman–Crippen LogP) is -0.391. The number of anilines is 2. The van der Waals surface area contributed by atoms with Crippen LogP contribution in [0.25, 0.3) is 0 Å². The van der Waals surface area contributed by atoms with Crippen LogP contribution in [0.4, 0.5) is 11.5 Å². The van der Waals surface area contributed by atoms with Crippen LogP contribution < -0.4 is 16.8 Å². The van der Waals surface area contributed by atoms with E-state index < -0.39 is 15.7 Å². The summed E-state index contributed by atoms with van der Waals surface area (Å²) in [6.07, 6.45) is 1.36. The smallest absolute Gasteiger partial charge is 0.252 e. The Morgan fingerprint density at radius 3 is 2.72 bits per heavy atom. The Labute approximate surface area is 105 Å². The third-order valence-electron chi connectivity index (χ3n) is 2.32. The molecule has 0 radical (unpaired) electrons. The van der Waals surface area contributed by atoms with Crippen LogP contribution >= 0.6 is 0 Å². The van der Waals surface area contributed by atoms with E-state index in [1.165, 1.54) is 12.3 Å². The first-order chi connectivity index (χ1) is 8.35. The third-order valence-corrected chi connectivity index (χ3v) is 4.03. The number of pyridine rings is 1. The van der Waals surface area contributed by atoms with Gasteiger partial charge in [0.1, 0.15) is 5.82 Å². The SMILES string of the molecule is CCS(=O)(=O)CCNc1ncc(N)cc1C(N)=O. The first-order valence-electron chi connectivity index (χ1n) is 5.35. The fourth-order valence-electron chi connectivity index (χ4n) is 1.28. The van der Waals surface area contributed by atoms with E-state index in [1.807, 2.05) is 0 Å². The molecule has 0 aliphatic carbocycles. The van der Waals surface area contributed by atoms with E-state index in [4.69, 9.17) is 11.5 Å². The summed E-state index contributed by atoms with van der Waals surface area (Å²) in [5.74, 6) is -0.390. The zero-order valence-corrected chi connectivity index (χ0v) is 10.8. The molecular weight excluding hydrogens is 256 g/mol. The van der Waals surface area contributed by atoms with Gasteiger partial charge in [0.2, 0.25) is 0 Å². The van der Waals surface area contributed by atoms with E-state index in [0.29, 0.717) is 5.69 Å². The number of carbonyl (C=O) groups excluding carboxylic acids is 1. The molecule has 0 aliphatic heterocycles. The molecule has 0 unspecified atom stereocenters. The number of aromatic nitrogens is 1. The van der Waals surface area contributed by atoms with Crippen LogP contribution in [0.3, 0.4) is 0 Å². The Bertz CT molecular complexity index is 542. The van der Waals surface area contributed by atoms with Crippen molar-refractivity contribution in [2.45, 2.75) is 6.92 Å². The molecule has 8 heteroatoms. The molecule has 7 nitrogen and oxygen atoms in total. The number of nitrogens with two attached hydrogens (primary N) is 2. The van der Waals surface area contributed by atoms with Gasteiger partial charge in [-0.05, 0) is 6.07 Å². The number of nitrogens with zero attached hydrogens (tertiary/aromatic N) is 1. The minimum atomic E-state index is -3.06. The van der Waals surface area contributed by atoms with Crippen molar-refractivity contribution in [3.05, 3.63) is 17.8 Å². The van der Waals surface area contributed by atoms with Crippen LogP contribution in [0.1, 0.15) is 17.3 Å². The van der Waals surface area contributed by atoms with Crippen molar-refractivity contribution in [1.82, 2.24) is 4.98 Å². The van der Waals surface area contributed by atoms with Gasteiger partial charge in [0.15, 0.2) is 9.84 Å². The summed E-state index contributed by atoms with van der Waals surface area (Å²) in [4.78, 5) is 15.1. The molecule has 0 spiro atoms. The van der Waals surface area contributed by atoms with E-state index in [1.54, 1.807) is 6.92 Å². The number of rotatable bonds is 6. The number of primary amides is 1. The number of hydrogen-bond donors (Lipinski definition) is 3. The van der Waals surface area contributed by atoms with E-state index in [0.717, 1.165) is 0 Å². The molecule has 0 aliphatic rings.